The number of halogens is 1. The van der Waals surface area contributed by atoms with Crippen molar-refractivity contribution in [2.24, 2.45) is 5.92 Å². The van der Waals surface area contributed by atoms with Crippen LogP contribution in [0, 0.1) is 11.7 Å². The molecule has 0 aromatic heterocycles. The Kier molecular flexibility index (Phi) is 4.74. The van der Waals surface area contributed by atoms with E-state index in [2.05, 4.69) is 5.32 Å². The predicted octanol–water partition coefficient (Wildman–Crippen LogP) is 1.85. The molecule has 0 saturated carbocycles. The number of hydrogen-bond acceptors (Lipinski definition) is 3. The maximum atomic E-state index is 12.9. The lowest BCUT2D eigenvalue weighted by Gasteiger charge is -2.35. The Bertz CT molecular complexity index is 506. The molecule has 2 atom stereocenters. The van der Waals surface area contributed by atoms with Gasteiger partial charge in [0.15, 0.2) is 0 Å². The molecule has 0 spiro atoms. The normalized spacial score (nSPS) is 24.5. The van der Waals surface area contributed by atoms with E-state index in [1.54, 1.807) is 12.1 Å². The predicted molar refractivity (Wildman–Crippen MR) is 81.7 cm³/mol. The van der Waals surface area contributed by atoms with Crippen molar-refractivity contribution < 1.29 is 14.3 Å². The molecule has 2 aliphatic heterocycles. The van der Waals surface area contributed by atoms with Crippen molar-refractivity contribution in [3.63, 3.8) is 0 Å². The zero-order valence-corrected chi connectivity index (χ0v) is 12.7. The fraction of sp³-hybridized carbons (Fsp3) is 0.588. The van der Waals surface area contributed by atoms with E-state index < -0.39 is 6.10 Å². The van der Waals surface area contributed by atoms with Crippen molar-refractivity contribution in [1.29, 1.82) is 0 Å². The van der Waals surface area contributed by atoms with Gasteiger partial charge in [0.05, 0.1) is 12.1 Å². The molecule has 1 aromatic carbocycles. The average molecular weight is 306 g/mol. The summed E-state index contributed by atoms with van der Waals surface area (Å²) in [4.78, 5) is 14.3. The van der Waals surface area contributed by atoms with E-state index >= 15 is 0 Å². The third-order valence-corrected chi connectivity index (χ3v) is 4.87. The molecule has 0 aliphatic carbocycles. The molecule has 2 N–H and O–H groups in total. The zero-order valence-electron chi connectivity index (χ0n) is 12.7. The number of nitrogens with zero attached hydrogens (tertiary/aromatic N) is 1. The van der Waals surface area contributed by atoms with Gasteiger partial charge in [-0.15, -0.1) is 0 Å². The fourth-order valence-corrected chi connectivity index (χ4v) is 3.48. The van der Waals surface area contributed by atoms with E-state index in [-0.39, 0.29) is 23.7 Å². The summed E-state index contributed by atoms with van der Waals surface area (Å²) in [6.45, 7) is 2.32. The van der Waals surface area contributed by atoms with Crippen LogP contribution in [0.15, 0.2) is 24.3 Å². The van der Waals surface area contributed by atoms with Crippen molar-refractivity contribution >= 4 is 5.91 Å². The van der Waals surface area contributed by atoms with Gasteiger partial charge in [-0.05, 0) is 55.8 Å². The Morgan fingerprint density at radius 1 is 1.23 bits per heavy atom. The molecule has 22 heavy (non-hydrogen) atoms. The first-order valence-electron chi connectivity index (χ1n) is 8.11. The number of carbonyl (C=O) groups excluding carboxylic acids is 1. The first-order valence-corrected chi connectivity index (χ1v) is 8.11. The van der Waals surface area contributed by atoms with Crippen molar-refractivity contribution in [3.8, 4) is 0 Å². The van der Waals surface area contributed by atoms with Gasteiger partial charge in [0, 0.05) is 13.1 Å². The second-order valence-electron chi connectivity index (χ2n) is 6.31. The Morgan fingerprint density at radius 2 is 1.91 bits per heavy atom. The van der Waals surface area contributed by atoms with Gasteiger partial charge in [-0.3, -0.25) is 4.79 Å². The first kappa shape index (κ1) is 15.4. The lowest BCUT2D eigenvalue weighted by molar-refractivity contribution is -0.135. The molecule has 3 rings (SSSR count). The molecule has 4 nitrogen and oxygen atoms in total. The van der Waals surface area contributed by atoms with Crippen LogP contribution in [0.2, 0.25) is 0 Å². The summed E-state index contributed by atoms with van der Waals surface area (Å²) in [5.41, 5.74) is 0.753. The summed E-state index contributed by atoms with van der Waals surface area (Å²) in [6, 6.07) is 6.02. The van der Waals surface area contributed by atoms with Gasteiger partial charge in [0.1, 0.15) is 5.82 Å². The lowest BCUT2D eigenvalue weighted by Crippen LogP contribution is -2.47. The van der Waals surface area contributed by atoms with Gasteiger partial charge < -0.3 is 15.3 Å². The first-order chi connectivity index (χ1) is 10.6. The van der Waals surface area contributed by atoms with Gasteiger partial charge in [-0.2, -0.15) is 0 Å². The standard InChI is InChI=1S/C17H23FN2O2/c18-14-5-3-12(4-6-14)16(21)13-7-10-20(11-8-13)17(22)15-2-1-9-19-15/h3-6,13,15-16,19,21H,1-2,7-11H2/t15-,16+/m0/s1. The van der Waals surface area contributed by atoms with E-state index in [1.807, 2.05) is 4.90 Å². The summed E-state index contributed by atoms with van der Waals surface area (Å²) in [5, 5.41) is 13.7. The highest BCUT2D eigenvalue weighted by atomic mass is 19.1. The number of aliphatic hydroxyl groups excluding tert-OH is 1. The van der Waals surface area contributed by atoms with Crippen LogP contribution in [-0.2, 0) is 4.79 Å². The molecular weight excluding hydrogens is 283 g/mol. The fourth-order valence-electron chi connectivity index (χ4n) is 3.48. The third kappa shape index (κ3) is 3.31. The van der Waals surface area contributed by atoms with Crippen LogP contribution >= 0.6 is 0 Å². The molecule has 1 amide bonds. The van der Waals surface area contributed by atoms with Crippen molar-refractivity contribution in [2.45, 2.75) is 37.8 Å². The van der Waals surface area contributed by atoms with Crippen LogP contribution in [0.4, 0.5) is 4.39 Å². The summed E-state index contributed by atoms with van der Waals surface area (Å²) in [5.74, 6) is 0.0405. The van der Waals surface area contributed by atoms with E-state index in [9.17, 15) is 14.3 Å². The summed E-state index contributed by atoms with van der Waals surface area (Å²) in [7, 11) is 0. The van der Waals surface area contributed by atoms with E-state index in [4.69, 9.17) is 0 Å². The second kappa shape index (κ2) is 6.75. The Hall–Kier alpha value is -1.46. The highest BCUT2D eigenvalue weighted by Gasteiger charge is 2.32. The number of rotatable bonds is 3. The molecule has 2 aliphatic rings. The maximum absolute atomic E-state index is 12.9. The minimum atomic E-state index is -0.581. The number of piperidine rings is 1. The Balaban J connectivity index is 1.54. The number of nitrogens with one attached hydrogen (secondary N) is 1. The molecule has 0 unspecified atom stereocenters. The molecule has 5 heteroatoms. The number of carbonyl (C=O) groups is 1. The topological polar surface area (TPSA) is 52.6 Å². The highest BCUT2D eigenvalue weighted by Crippen LogP contribution is 2.31. The summed E-state index contributed by atoms with van der Waals surface area (Å²) < 4.78 is 12.9. The number of likely N-dealkylation sites (tertiary alicyclic amines) is 1. The van der Waals surface area contributed by atoms with Crippen LogP contribution in [0.25, 0.3) is 0 Å². The smallest absolute Gasteiger partial charge is 0.239 e. The van der Waals surface area contributed by atoms with Crippen LogP contribution in [0.5, 0.6) is 0 Å². The number of amides is 1. The average Bonchev–Trinajstić information content (AvgIpc) is 3.09. The molecule has 0 bridgehead atoms. The molecule has 0 radical (unpaired) electrons. The van der Waals surface area contributed by atoms with Crippen LogP contribution in [0.3, 0.4) is 0 Å². The molecule has 120 valence electrons. The van der Waals surface area contributed by atoms with Crippen LogP contribution in [-0.4, -0.2) is 41.6 Å². The monoisotopic (exact) mass is 306 g/mol. The molecule has 2 saturated heterocycles. The minimum absolute atomic E-state index is 0.0152. The molecule has 2 heterocycles. The van der Waals surface area contributed by atoms with Gasteiger partial charge in [0.2, 0.25) is 5.91 Å². The third-order valence-electron chi connectivity index (χ3n) is 4.87. The van der Waals surface area contributed by atoms with Crippen molar-refractivity contribution in [1.82, 2.24) is 10.2 Å². The highest BCUT2D eigenvalue weighted by molar-refractivity contribution is 5.82. The largest absolute Gasteiger partial charge is 0.388 e. The van der Waals surface area contributed by atoms with Gasteiger partial charge >= 0.3 is 0 Å². The molecular formula is C17H23FN2O2. The number of benzene rings is 1. The SMILES string of the molecule is O=C([C@@H]1CCCN1)N1CCC([C@H](O)c2ccc(F)cc2)CC1. The zero-order chi connectivity index (χ0) is 15.5. The van der Waals surface area contributed by atoms with E-state index in [0.29, 0.717) is 13.1 Å². The number of aliphatic hydroxyl groups is 1. The van der Waals surface area contributed by atoms with Crippen molar-refractivity contribution in [3.05, 3.63) is 35.6 Å². The quantitative estimate of drug-likeness (QED) is 0.896. The Labute approximate surface area is 130 Å². The maximum Gasteiger partial charge on any atom is 0.239 e. The second-order valence-corrected chi connectivity index (χ2v) is 6.31. The van der Waals surface area contributed by atoms with Crippen LogP contribution < -0.4 is 5.32 Å². The summed E-state index contributed by atoms with van der Waals surface area (Å²) in [6.07, 6.45) is 2.99. The van der Waals surface area contributed by atoms with E-state index in [0.717, 1.165) is 37.8 Å². The van der Waals surface area contributed by atoms with E-state index in [1.165, 1.54) is 12.1 Å². The molecule has 1 aromatic rings. The van der Waals surface area contributed by atoms with Gasteiger partial charge in [-0.25, -0.2) is 4.39 Å². The van der Waals surface area contributed by atoms with Gasteiger partial charge in [-0.1, -0.05) is 12.1 Å². The van der Waals surface area contributed by atoms with Gasteiger partial charge in [0.25, 0.3) is 0 Å². The van der Waals surface area contributed by atoms with Crippen LogP contribution in [0.1, 0.15) is 37.4 Å². The lowest BCUT2D eigenvalue weighted by atomic mass is 9.87. The number of hydrogen-bond donors (Lipinski definition) is 2. The Morgan fingerprint density at radius 3 is 2.50 bits per heavy atom. The molecule has 2 fully saturated rings. The summed E-state index contributed by atoms with van der Waals surface area (Å²) >= 11 is 0. The minimum Gasteiger partial charge on any atom is -0.388 e. The van der Waals surface area contributed by atoms with Crippen molar-refractivity contribution in [2.75, 3.05) is 19.6 Å².